The lowest BCUT2D eigenvalue weighted by Crippen LogP contribution is -2.36. The van der Waals surface area contributed by atoms with Crippen LogP contribution < -0.4 is 10.1 Å². The van der Waals surface area contributed by atoms with Crippen molar-refractivity contribution in [2.24, 2.45) is 0 Å². The fourth-order valence-corrected chi connectivity index (χ4v) is 1.79. The van der Waals surface area contributed by atoms with E-state index >= 15 is 0 Å². The number of benzene rings is 2. The number of rotatable bonds is 6. The minimum atomic E-state index is 0.473. The molecule has 0 saturated carbocycles. The molecule has 0 fully saturated rings. The molecule has 0 amide bonds. The predicted molar refractivity (Wildman–Crippen MR) is 76.7 cm³/mol. The van der Waals surface area contributed by atoms with Crippen molar-refractivity contribution in [3.8, 4) is 0 Å². The van der Waals surface area contributed by atoms with Gasteiger partial charge in [-0.2, -0.15) is 0 Å². The fraction of sp³-hybridized carbons (Fsp3) is 0.200. The van der Waals surface area contributed by atoms with E-state index in [4.69, 9.17) is 9.68 Å². The average Bonchev–Trinajstić information content (AvgIpc) is 2.50. The maximum Gasteiger partial charge on any atom is 0.142 e. The molecular formula is C15H18N2O2. The van der Waals surface area contributed by atoms with Crippen molar-refractivity contribution in [2.45, 2.75) is 0 Å². The molecule has 4 nitrogen and oxygen atoms in total. The molecule has 0 aliphatic carbocycles. The van der Waals surface area contributed by atoms with Gasteiger partial charge in [-0.25, -0.2) is 10.1 Å². The second-order valence-corrected chi connectivity index (χ2v) is 3.93. The van der Waals surface area contributed by atoms with Gasteiger partial charge in [-0.3, -0.25) is 9.68 Å². The van der Waals surface area contributed by atoms with E-state index in [-0.39, 0.29) is 0 Å². The Morgan fingerprint density at radius 1 is 0.684 bits per heavy atom. The molecule has 2 aromatic rings. The van der Waals surface area contributed by atoms with Gasteiger partial charge >= 0.3 is 0 Å². The van der Waals surface area contributed by atoms with Crippen molar-refractivity contribution in [2.75, 3.05) is 31.0 Å². The molecule has 19 heavy (non-hydrogen) atoms. The molecule has 0 radical (unpaired) electrons. The van der Waals surface area contributed by atoms with E-state index in [9.17, 15) is 0 Å². The van der Waals surface area contributed by atoms with Gasteiger partial charge in [0.15, 0.2) is 0 Å². The van der Waals surface area contributed by atoms with E-state index in [1.165, 1.54) is 0 Å². The number of para-hydroxylation sites is 2. The fourth-order valence-electron chi connectivity index (χ4n) is 1.79. The van der Waals surface area contributed by atoms with Gasteiger partial charge < -0.3 is 0 Å². The number of nitrogens with zero attached hydrogens (tertiary/aromatic N) is 2. The van der Waals surface area contributed by atoms with E-state index in [0.29, 0.717) is 6.67 Å². The summed E-state index contributed by atoms with van der Waals surface area (Å²) in [4.78, 5) is 10.8. The molecule has 0 aromatic heterocycles. The van der Waals surface area contributed by atoms with Crippen LogP contribution in [-0.2, 0) is 9.68 Å². The highest BCUT2D eigenvalue weighted by atomic mass is 16.7. The highest BCUT2D eigenvalue weighted by molar-refractivity contribution is 5.48. The molecule has 0 spiro atoms. The monoisotopic (exact) mass is 258 g/mol. The first-order valence-electron chi connectivity index (χ1n) is 6.08. The molecule has 0 atom stereocenters. The second-order valence-electron chi connectivity index (χ2n) is 3.93. The molecule has 0 bridgehead atoms. The lowest BCUT2D eigenvalue weighted by Gasteiger charge is -2.29. The van der Waals surface area contributed by atoms with E-state index in [1.54, 1.807) is 24.3 Å². The SMILES string of the molecule is CON(CN(OC)c1ccccc1)c1ccccc1. The Morgan fingerprint density at radius 2 is 1.05 bits per heavy atom. The first-order chi connectivity index (χ1) is 9.35. The number of hydrogen-bond donors (Lipinski definition) is 0. The molecule has 100 valence electrons. The first kappa shape index (κ1) is 13.4. The summed E-state index contributed by atoms with van der Waals surface area (Å²) in [5.74, 6) is 0. The Morgan fingerprint density at radius 3 is 1.37 bits per heavy atom. The van der Waals surface area contributed by atoms with E-state index in [1.807, 2.05) is 60.7 Å². The summed E-state index contributed by atoms with van der Waals surface area (Å²) in [5.41, 5.74) is 1.95. The third-order valence-corrected chi connectivity index (χ3v) is 2.79. The van der Waals surface area contributed by atoms with Gasteiger partial charge in [-0.15, -0.1) is 0 Å². The maximum atomic E-state index is 5.40. The smallest absolute Gasteiger partial charge is 0.142 e. The van der Waals surface area contributed by atoms with Crippen LogP contribution in [0.1, 0.15) is 0 Å². The Balaban J connectivity index is 2.13. The molecule has 2 rings (SSSR count). The zero-order valence-corrected chi connectivity index (χ0v) is 11.2. The lowest BCUT2D eigenvalue weighted by atomic mass is 10.3. The van der Waals surface area contributed by atoms with Gasteiger partial charge in [-0.1, -0.05) is 36.4 Å². The van der Waals surface area contributed by atoms with Crippen molar-refractivity contribution < 1.29 is 9.68 Å². The average molecular weight is 258 g/mol. The molecule has 0 unspecified atom stereocenters. The molecule has 0 heterocycles. The highest BCUT2D eigenvalue weighted by Gasteiger charge is 2.12. The van der Waals surface area contributed by atoms with Crippen molar-refractivity contribution >= 4 is 11.4 Å². The quantitative estimate of drug-likeness (QED) is 0.587. The third kappa shape index (κ3) is 3.47. The van der Waals surface area contributed by atoms with Gasteiger partial charge in [-0.05, 0) is 24.3 Å². The standard InChI is InChI=1S/C15H18N2O2/c1-18-16(14-9-5-3-6-10-14)13-17(19-2)15-11-7-4-8-12-15/h3-12H,13H2,1-2H3. The Bertz CT molecular complexity index is 431. The van der Waals surface area contributed by atoms with Crippen molar-refractivity contribution in [1.82, 2.24) is 0 Å². The first-order valence-corrected chi connectivity index (χ1v) is 6.08. The van der Waals surface area contributed by atoms with Gasteiger partial charge in [0.25, 0.3) is 0 Å². The van der Waals surface area contributed by atoms with Gasteiger partial charge in [0.1, 0.15) is 6.67 Å². The van der Waals surface area contributed by atoms with Crippen LogP contribution >= 0.6 is 0 Å². The Kier molecular flexibility index (Phi) is 4.78. The highest BCUT2D eigenvalue weighted by Crippen LogP contribution is 2.18. The minimum absolute atomic E-state index is 0.473. The molecule has 2 aromatic carbocycles. The molecule has 0 aliphatic heterocycles. The largest absolute Gasteiger partial charge is 0.275 e. The number of hydroxylamine groups is 2. The summed E-state index contributed by atoms with van der Waals surface area (Å²) in [6, 6.07) is 19.8. The van der Waals surface area contributed by atoms with E-state index in [2.05, 4.69) is 0 Å². The summed E-state index contributed by atoms with van der Waals surface area (Å²) in [7, 11) is 3.29. The summed E-state index contributed by atoms with van der Waals surface area (Å²) < 4.78 is 0. The van der Waals surface area contributed by atoms with Crippen LogP contribution in [0.25, 0.3) is 0 Å². The Hall–Kier alpha value is -2.04. The van der Waals surface area contributed by atoms with Crippen LogP contribution in [0.4, 0.5) is 11.4 Å². The van der Waals surface area contributed by atoms with Crippen molar-refractivity contribution in [3.05, 3.63) is 60.7 Å². The zero-order chi connectivity index (χ0) is 13.5. The van der Waals surface area contributed by atoms with E-state index in [0.717, 1.165) is 11.4 Å². The minimum Gasteiger partial charge on any atom is -0.275 e. The normalized spacial score (nSPS) is 10.2. The van der Waals surface area contributed by atoms with Crippen LogP contribution in [-0.4, -0.2) is 20.9 Å². The summed E-state index contributed by atoms with van der Waals surface area (Å²) >= 11 is 0. The van der Waals surface area contributed by atoms with Gasteiger partial charge in [0.05, 0.1) is 25.6 Å². The predicted octanol–water partition coefficient (Wildman–Crippen LogP) is 3.08. The van der Waals surface area contributed by atoms with Crippen LogP contribution in [0, 0.1) is 0 Å². The number of anilines is 2. The van der Waals surface area contributed by atoms with Crippen LogP contribution in [0.2, 0.25) is 0 Å². The third-order valence-electron chi connectivity index (χ3n) is 2.79. The van der Waals surface area contributed by atoms with Gasteiger partial charge in [0.2, 0.25) is 0 Å². The van der Waals surface area contributed by atoms with Crippen molar-refractivity contribution in [3.63, 3.8) is 0 Å². The summed E-state index contributed by atoms with van der Waals surface area (Å²) in [5, 5.41) is 3.52. The Labute approximate surface area is 113 Å². The molecule has 4 heteroatoms. The van der Waals surface area contributed by atoms with E-state index < -0.39 is 0 Å². The molecular weight excluding hydrogens is 240 g/mol. The molecule has 0 aliphatic rings. The lowest BCUT2D eigenvalue weighted by molar-refractivity contribution is 0.109. The van der Waals surface area contributed by atoms with Crippen LogP contribution in [0.5, 0.6) is 0 Å². The second kappa shape index (κ2) is 6.78. The zero-order valence-electron chi connectivity index (χ0n) is 11.2. The maximum absolute atomic E-state index is 5.40. The summed E-state index contributed by atoms with van der Waals surface area (Å²) in [6.07, 6.45) is 0. The van der Waals surface area contributed by atoms with Gasteiger partial charge in [0, 0.05) is 0 Å². The topological polar surface area (TPSA) is 24.9 Å². The summed E-state index contributed by atoms with van der Waals surface area (Å²) in [6.45, 7) is 0.473. The van der Waals surface area contributed by atoms with Crippen LogP contribution in [0.3, 0.4) is 0 Å². The molecule has 0 saturated heterocycles. The van der Waals surface area contributed by atoms with Crippen molar-refractivity contribution in [1.29, 1.82) is 0 Å². The molecule has 0 N–H and O–H groups in total. The number of hydrogen-bond acceptors (Lipinski definition) is 4. The van der Waals surface area contributed by atoms with Crippen LogP contribution in [0.15, 0.2) is 60.7 Å².